The largest absolute Gasteiger partial charge is 0.454 e. The number of nitrogens with zero attached hydrogens (tertiary/aromatic N) is 6. The predicted octanol–water partition coefficient (Wildman–Crippen LogP) is 20.2. The highest BCUT2D eigenvalue weighted by Crippen LogP contribution is 2.63. The van der Waals surface area contributed by atoms with Gasteiger partial charge in [-0.1, -0.05) is 164 Å². The summed E-state index contributed by atoms with van der Waals surface area (Å²) < 4.78 is 33.3. The fourth-order valence-corrected chi connectivity index (χ4v) is 15.9. The molecule has 2 aliphatic heterocycles. The van der Waals surface area contributed by atoms with Gasteiger partial charge in [0.1, 0.15) is 22.6 Å². The van der Waals surface area contributed by atoms with Crippen LogP contribution in [0.5, 0.6) is 23.0 Å². The van der Waals surface area contributed by atoms with Crippen molar-refractivity contribution in [3.05, 3.63) is 301 Å². The Hall–Kier alpha value is -12.1. The summed E-state index contributed by atoms with van der Waals surface area (Å²) in [7, 11) is 0. The van der Waals surface area contributed by atoms with Gasteiger partial charge in [-0.2, -0.15) is 0 Å². The van der Waals surface area contributed by atoms with Crippen molar-refractivity contribution < 1.29 is 13.9 Å². The van der Waals surface area contributed by atoms with E-state index < -0.39 is 5.41 Å². The van der Waals surface area contributed by atoms with Crippen LogP contribution in [0, 0.1) is 0 Å². The molecular weight excluding hydrogens is 1090 g/mol. The van der Waals surface area contributed by atoms with Crippen molar-refractivity contribution in [1.82, 2.24) is 27.7 Å². The smallest absolute Gasteiger partial charge is 0.220 e. The van der Waals surface area contributed by atoms with Gasteiger partial charge in [-0.05, 0) is 115 Å². The van der Waals surface area contributed by atoms with Gasteiger partial charge in [-0.15, -0.1) is 0 Å². The number of hydrogen-bond donors (Lipinski definition) is 0. The molecule has 0 radical (unpaired) electrons. The third-order valence-electron chi connectivity index (χ3n) is 19.4. The number of rotatable bonds is 4. The molecule has 0 bridgehead atoms. The Morgan fingerprint density at radius 3 is 1.29 bits per heavy atom. The van der Waals surface area contributed by atoms with Crippen molar-refractivity contribution in [2.45, 2.75) is 5.41 Å². The van der Waals surface area contributed by atoms with Crippen molar-refractivity contribution >= 4 is 115 Å². The molecule has 1 unspecified atom stereocenters. The number of hydrogen-bond acceptors (Lipinski definition) is 4. The summed E-state index contributed by atoms with van der Waals surface area (Å²) in [5.74, 6) is 3.96. The Balaban J connectivity index is 0.779. The second kappa shape index (κ2) is 17.1. The van der Waals surface area contributed by atoms with E-state index in [4.69, 9.17) is 18.9 Å². The van der Waals surface area contributed by atoms with Gasteiger partial charge in [0.15, 0.2) is 17.1 Å². The molecule has 0 amide bonds. The number of para-hydroxylation sites is 11. The monoisotopic (exact) mass is 1140 g/mol. The van der Waals surface area contributed by atoms with Crippen LogP contribution in [0.3, 0.4) is 0 Å². The van der Waals surface area contributed by atoms with Gasteiger partial charge < -0.3 is 27.6 Å². The highest BCUT2D eigenvalue weighted by molar-refractivity contribution is 6.16. The standard InChI is InChI=1S/C80H46N6O3/c1-8-28-61-49(19-1)50-20-2-9-29-62(50)82(61)47-39-42-65-55(45-47)51-21-3-10-30-63(51)84(65)70-34-17-26-59-77(70)88-73-37-15-6-24-57(73)80(59)58-25-7-16-38-74(58)89-78-60(80)27-18-35-71(78)85-64-31-11-4-22-52(64)56-46-48(40-43-66(56)85)83-67-32-12-13-33-68(67)86-69-44-41-54-53-23-5-14-36-72(53)87-76(54)75(69)81-79(83)86/h1-46H. The molecule has 0 saturated carbocycles. The summed E-state index contributed by atoms with van der Waals surface area (Å²) in [6.45, 7) is 0. The summed E-state index contributed by atoms with van der Waals surface area (Å²) in [4.78, 5) is 5.46. The van der Waals surface area contributed by atoms with E-state index in [1.54, 1.807) is 0 Å². The van der Waals surface area contributed by atoms with E-state index in [0.717, 1.165) is 161 Å². The first-order chi connectivity index (χ1) is 44.2. The average molecular weight is 1140 g/mol. The summed E-state index contributed by atoms with van der Waals surface area (Å²) in [6, 6.07) is 100. The van der Waals surface area contributed by atoms with Crippen LogP contribution >= 0.6 is 0 Å². The molecule has 19 aromatic rings. The molecule has 414 valence electrons. The van der Waals surface area contributed by atoms with Crippen LogP contribution < -0.4 is 9.47 Å². The molecule has 1 atom stereocenters. The maximum absolute atomic E-state index is 7.47. The number of aromatic nitrogens is 6. The number of ether oxygens (including phenoxy) is 2. The van der Waals surface area contributed by atoms with Crippen LogP contribution in [-0.2, 0) is 5.41 Å². The van der Waals surface area contributed by atoms with Gasteiger partial charge in [-0.25, -0.2) is 4.98 Å². The lowest BCUT2D eigenvalue weighted by Gasteiger charge is -2.45. The fourth-order valence-electron chi connectivity index (χ4n) is 15.9. The molecule has 9 nitrogen and oxygen atoms in total. The normalized spacial score (nSPS) is 14.5. The van der Waals surface area contributed by atoms with Gasteiger partial charge in [-0.3, -0.25) is 8.97 Å². The summed E-state index contributed by atoms with van der Waals surface area (Å²) in [5, 5.41) is 9.15. The molecule has 21 rings (SSSR count). The van der Waals surface area contributed by atoms with Crippen molar-refractivity contribution in [1.29, 1.82) is 0 Å². The minimum absolute atomic E-state index is 0.777. The van der Waals surface area contributed by atoms with Crippen LogP contribution in [0.4, 0.5) is 0 Å². The van der Waals surface area contributed by atoms with E-state index in [1.165, 1.54) is 21.8 Å². The molecule has 0 aliphatic carbocycles. The lowest BCUT2D eigenvalue weighted by Crippen LogP contribution is -2.37. The fraction of sp³-hybridized carbons (Fsp3) is 0.0125. The molecule has 89 heavy (non-hydrogen) atoms. The highest BCUT2D eigenvalue weighted by atomic mass is 16.5. The highest BCUT2D eigenvalue weighted by Gasteiger charge is 2.52. The Morgan fingerprint density at radius 1 is 0.292 bits per heavy atom. The van der Waals surface area contributed by atoms with Gasteiger partial charge in [0.25, 0.3) is 0 Å². The Labute approximate surface area is 506 Å². The SMILES string of the molecule is c1ccc2c(c1)Oc1c(-n3c4ccccc4c4cc(-n5c6ccccc6c6ccccc65)ccc43)cccc1C21c2ccccc2Oc2c(-n3c4ccccc4c4cc(-n5c6ccccc6n6c7ccc8c9ccccc9oc8c7nc56)ccc43)cccc21. The first-order valence-electron chi connectivity index (χ1n) is 30.3. The van der Waals surface area contributed by atoms with Crippen molar-refractivity contribution in [2.24, 2.45) is 0 Å². The van der Waals surface area contributed by atoms with Crippen LogP contribution in [0.2, 0.25) is 0 Å². The molecule has 0 saturated heterocycles. The van der Waals surface area contributed by atoms with Crippen molar-refractivity contribution in [3.63, 3.8) is 0 Å². The number of furan rings is 1. The quantitative estimate of drug-likeness (QED) is 0.176. The van der Waals surface area contributed by atoms with E-state index in [9.17, 15) is 0 Å². The van der Waals surface area contributed by atoms with Crippen LogP contribution in [-0.4, -0.2) is 27.7 Å². The second-order valence-corrected chi connectivity index (χ2v) is 23.7. The molecule has 13 aromatic carbocycles. The van der Waals surface area contributed by atoms with Crippen LogP contribution in [0.25, 0.3) is 138 Å². The average Bonchev–Trinajstić information content (AvgIpc) is 1.90. The number of benzene rings is 13. The molecule has 9 heteroatoms. The van der Waals surface area contributed by atoms with Crippen molar-refractivity contribution in [3.8, 4) is 45.7 Å². The molecule has 0 fully saturated rings. The molecule has 8 heterocycles. The lowest BCUT2D eigenvalue weighted by molar-refractivity contribution is 0.398. The zero-order valence-electron chi connectivity index (χ0n) is 47.5. The molecular formula is C80H46N6O3. The molecule has 2 aliphatic rings. The van der Waals surface area contributed by atoms with Crippen LogP contribution in [0.15, 0.2) is 283 Å². The molecule has 1 spiro atoms. The van der Waals surface area contributed by atoms with E-state index >= 15 is 0 Å². The maximum Gasteiger partial charge on any atom is 0.220 e. The van der Waals surface area contributed by atoms with Gasteiger partial charge in [0.05, 0.1) is 66.4 Å². The van der Waals surface area contributed by atoms with E-state index in [1.807, 2.05) is 12.1 Å². The van der Waals surface area contributed by atoms with E-state index in [-0.39, 0.29) is 0 Å². The Kier molecular flexibility index (Phi) is 9.07. The second-order valence-electron chi connectivity index (χ2n) is 23.7. The number of imidazole rings is 2. The van der Waals surface area contributed by atoms with Crippen LogP contribution in [0.1, 0.15) is 22.3 Å². The summed E-state index contributed by atoms with van der Waals surface area (Å²) in [6.07, 6.45) is 0. The zero-order valence-corrected chi connectivity index (χ0v) is 47.5. The Morgan fingerprint density at radius 2 is 0.719 bits per heavy atom. The third-order valence-corrected chi connectivity index (χ3v) is 19.4. The minimum atomic E-state index is -0.892. The van der Waals surface area contributed by atoms with Gasteiger partial charge in [0.2, 0.25) is 5.78 Å². The predicted molar refractivity (Wildman–Crippen MR) is 358 cm³/mol. The minimum Gasteiger partial charge on any atom is -0.454 e. The summed E-state index contributed by atoms with van der Waals surface area (Å²) in [5.41, 5.74) is 19.5. The molecule has 6 aromatic heterocycles. The maximum atomic E-state index is 7.47. The van der Waals surface area contributed by atoms with Gasteiger partial charge >= 0.3 is 0 Å². The van der Waals surface area contributed by atoms with Gasteiger partial charge in [0, 0.05) is 76.7 Å². The first kappa shape index (κ1) is 47.2. The Bertz CT molecular complexity index is 6280. The van der Waals surface area contributed by atoms with E-state index in [0.29, 0.717) is 0 Å². The lowest BCUT2D eigenvalue weighted by atomic mass is 9.62. The van der Waals surface area contributed by atoms with E-state index in [2.05, 4.69) is 290 Å². The number of fused-ring (bicyclic) bond motifs is 26. The zero-order chi connectivity index (χ0) is 57.8. The van der Waals surface area contributed by atoms with Crippen molar-refractivity contribution in [2.75, 3.05) is 0 Å². The molecule has 0 N–H and O–H groups in total. The first-order valence-corrected chi connectivity index (χ1v) is 30.3. The summed E-state index contributed by atoms with van der Waals surface area (Å²) >= 11 is 0. The third kappa shape index (κ3) is 6.00. The topological polar surface area (TPSA) is 68.6 Å².